The van der Waals surface area contributed by atoms with Gasteiger partial charge in [-0.15, -0.1) is 0 Å². The van der Waals surface area contributed by atoms with E-state index in [1.165, 1.54) is 18.2 Å². The van der Waals surface area contributed by atoms with Crippen LogP contribution in [0.2, 0.25) is 0 Å². The van der Waals surface area contributed by atoms with E-state index in [2.05, 4.69) is 0 Å². The van der Waals surface area contributed by atoms with Gasteiger partial charge in [-0.2, -0.15) is 8.78 Å². The lowest BCUT2D eigenvalue weighted by atomic mass is 10.1. The van der Waals surface area contributed by atoms with E-state index in [-0.39, 0.29) is 24.0 Å². The minimum absolute atomic E-state index is 0. The van der Waals surface area contributed by atoms with Crippen molar-refractivity contribution in [3.63, 3.8) is 0 Å². The third-order valence-corrected chi connectivity index (χ3v) is 1.08. The predicted molar refractivity (Wildman–Crippen MR) is 30.2 cm³/mol. The average Bonchev–Trinajstić information content (AvgIpc) is 1.77. The Bertz CT molecular complexity index is 196. The van der Waals surface area contributed by atoms with Crippen molar-refractivity contribution in [1.29, 1.82) is 0 Å². The summed E-state index contributed by atoms with van der Waals surface area (Å²) in [6.07, 6.45) is 4.71. The van der Waals surface area contributed by atoms with Crippen molar-refractivity contribution in [2.24, 2.45) is 0 Å². The van der Waals surface area contributed by atoms with E-state index in [1.54, 1.807) is 0 Å². The first-order valence-corrected chi connectivity index (χ1v) is 2.49. The van der Waals surface area contributed by atoms with Crippen LogP contribution in [-0.4, -0.2) is 11.6 Å². The minimum Gasteiger partial charge on any atom is -1.00 e. The molecule has 0 saturated heterocycles. The fraction of sp³-hybridized carbons (Fsp3) is 0.167. The van der Waals surface area contributed by atoms with Crippen LogP contribution in [0.15, 0.2) is 24.3 Å². The molecule has 0 aromatic carbocycles. The van der Waals surface area contributed by atoms with Crippen molar-refractivity contribution < 1.29 is 38.2 Å². The predicted octanol–water partition coefficient (Wildman–Crippen LogP) is -3.05. The molecule has 0 atom stereocenters. The first kappa shape index (κ1) is 9.74. The van der Waals surface area contributed by atoms with E-state index in [0.29, 0.717) is 0 Å². The highest BCUT2D eigenvalue weighted by atomic mass is 127. The zero-order chi connectivity index (χ0) is 6.91. The monoisotopic (exact) mass is 257 g/mol. The molecule has 0 amide bonds. The Labute approximate surface area is 74.3 Å². The molecule has 0 aliphatic heterocycles. The summed E-state index contributed by atoms with van der Waals surface area (Å²) >= 11 is 0. The number of alkyl halides is 2. The molecular formula is C6H6F2IN. The van der Waals surface area contributed by atoms with Crippen LogP contribution in [0.5, 0.6) is 0 Å². The molecule has 0 heterocycles. The lowest BCUT2D eigenvalue weighted by Gasteiger charge is -2.06. The Balaban J connectivity index is 0.000000810. The molecule has 1 aliphatic carbocycles. The molecule has 1 aliphatic rings. The lowest BCUT2D eigenvalue weighted by molar-refractivity contribution is -0.131. The van der Waals surface area contributed by atoms with Crippen molar-refractivity contribution >= 4 is 5.71 Å². The molecule has 1 rings (SSSR count). The van der Waals surface area contributed by atoms with Gasteiger partial charge in [-0.1, -0.05) is 12.2 Å². The average molecular weight is 257 g/mol. The van der Waals surface area contributed by atoms with Crippen LogP contribution in [-0.2, 0) is 0 Å². The molecule has 0 saturated carbocycles. The quantitative estimate of drug-likeness (QED) is 0.446. The summed E-state index contributed by atoms with van der Waals surface area (Å²) in [4.78, 5) is 0. The third kappa shape index (κ3) is 1.86. The summed E-state index contributed by atoms with van der Waals surface area (Å²) in [7, 11) is 0. The molecule has 0 unspecified atom stereocenters. The number of halogens is 3. The highest BCUT2D eigenvalue weighted by Crippen LogP contribution is 2.18. The maximum absolute atomic E-state index is 12.3. The summed E-state index contributed by atoms with van der Waals surface area (Å²) in [6, 6.07) is 0. The van der Waals surface area contributed by atoms with Crippen LogP contribution >= 0.6 is 0 Å². The van der Waals surface area contributed by atoms with Gasteiger partial charge in [0, 0.05) is 6.08 Å². The second-order valence-electron chi connectivity index (χ2n) is 1.80. The van der Waals surface area contributed by atoms with Crippen LogP contribution < -0.4 is 29.4 Å². The molecule has 0 fully saturated rings. The van der Waals surface area contributed by atoms with Gasteiger partial charge in [0.15, 0.2) is 0 Å². The molecule has 1 nitrogen and oxygen atoms in total. The Kier molecular flexibility index (Phi) is 3.14. The number of allylic oxidation sites excluding steroid dienone is 4. The Morgan fingerprint density at radius 2 is 1.90 bits per heavy atom. The van der Waals surface area contributed by atoms with Crippen LogP contribution in [0.3, 0.4) is 0 Å². The second-order valence-corrected chi connectivity index (χ2v) is 1.80. The molecule has 0 bridgehead atoms. The molecule has 4 heteroatoms. The van der Waals surface area contributed by atoms with E-state index in [9.17, 15) is 8.78 Å². The first-order valence-electron chi connectivity index (χ1n) is 2.49. The minimum atomic E-state index is -2.94. The van der Waals surface area contributed by atoms with Gasteiger partial charge in [0.2, 0.25) is 5.71 Å². The summed E-state index contributed by atoms with van der Waals surface area (Å²) in [6.45, 7) is 0. The van der Waals surface area contributed by atoms with Crippen molar-refractivity contribution in [3.8, 4) is 0 Å². The van der Waals surface area contributed by atoms with Gasteiger partial charge in [0.05, 0.1) is 0 Å². The van der Waals surface area contributed by atoms with Gasteiger partial charge >= 0.3 is 5.92 Å². The Hall–Kier alpha value is -0.260. The van der Waals surface area contributed by atoms with Gasteiger partial charge in [0.25, 0.3) is 0 Å². The van der Waals surface area contributed by atoms with Crippen molar-refractivity contribution in [2.45, 2.75) is 5.92 Å². The van der Waals surface area contributed by atoms with Gasteiger partial charge < -0.3 is 24.0 Å². The van der Waals surface area contributed by atoms with Gasteiger partial charge in [-0.25, -0.2) is 0 Å². The summed E-state index contributed by atoms with van der Waals surface area (Å²) < 4.78 is 24.6. The SMILES string of the molecule is [I-].[NH2+]=C1C=CC=CC1(F)F. The highest BCUT2D eigenvalue weighted by Gasteiger charge is 2.35. The van der Waals surface area contributed by atoms with Gasteiger partial charge in [-0.05, 0) is 6.08 Å². The van der Waals surface area contributed by atoms with Gasteiger partial charge in [-0.3, -0.25) is 5.41 Å². The van der Waals surface area contributed by atoms with Crippen LogP contribution in [0.1, 0.15) is 0 Å². The highest BCUT2D eigenvalue weighted by molar-refractivity contribution is 5.98. The van der Waals surface area contributed by atoms with Crippen LogP contribution in [0, 0.1) is 0 Å². The van der Waals surface area contributed by atoms with Crippen molar-refractivity contribution in [2.75, 3.05) is 0 Å². The normalized spacial score (nSPS) is 20.4. The number of hydrogen-bond donors (Lipinski definition) is 1. The number of hydrogen-bond acceptors (Lipinski definition) is 0. The van der Waals surface area contributed by atoms with E-state index < -0.39 is 11.6 Å². The lowest BCUT2D eigenvalue weighted by Crippen LogP contribution is -3.00. The van der Waals surface area contributed by atoms with E-state index >= 15 is 0 Å². The summed E-state index contributed by atoms with van der Waals surface area (Å²) in [5.74, 6) is -2.94. The standard InChI is InChI=1S/C6H5F2N.HI/c7-6(8)4-2-1-3-5(6)9;/h1-4,9H;1H. The third-order valence-electron chi connectivity index (χ3n) is 1.08. The summed E-state index contributed by atoms with van der Waals surface area (Å²) in [5, 5.41) is 4.94. The zero-order valence-corrected chi connectivity index (χ0v) is 7.18. The molecular weight excluding hydrogens is 251 g/mol. The molecule has 0 aromatic heterocycles. The molecule has 56 valence electrons. The maximum atomic E-state index is 12.3. The molecule has 0 spiro atoms. The fourth-order valence-corrected chi connectivity index (χ4v) is 0.543. The molecule has 2 N–H and O–H groups in total. The number of rotatable bonds is 0. The Morgan fingerprint density at radius 3 is 2.20 bits per heavy atom. The molecule has 0 aromatic rings. The maximum Gasteiger partial charge on any atom is 0.348 e. The van der Waals surface area contributed by atoms with Crippen molar-refractivity contribution in [3.05, 3.63) is 24.3 Å². The number of nitrogens with two attached hydrogens (primary N) is 1. The molecule has 0 radical (unpaired) electrons. The largest absolute Gasteiger partial charge is 1.00 e. The van der Waals surface area contributed by atoms with E-state index in [4.69, 9.17) is 5.41 Å². The smallest absolute Gasteiger partial charge is 0.348 e. The van der Waals surface area contributed by atoms with Gasteiger partial charge in [0.1, 0.15) is 0 Å². The van der Waals surface area contributed by atoms with Crippen LogP contribution in [0.4, 0.5) is 8.78 Å². The first-order chi connectivity index (χ1) is 4.13. The second kappa shape index (κ2) is 3.23. The molecule has 10 heavy (non-hydrogen) atoms. The fourth-order valence-electron chi connectivity index (χ4n) is 0.543. The zero-order valence-electron chi connectivity index (χ0n) is 5.02. The summed E-state index contributed by atoms with van der Waals surface area (Å²) in [5.41, 5.74) is -0.398. The Morgan fingerprint density at radius 1 is 1.30 bits per heavy atom. The van der Waals surface area contributed by atoms with Crippen LogP contribution in [0.25, 0.3) is 0 Å². The van der Waals surface area contributed by atoms with E-state index in [0.717, 1.165) is 6.08 Å². The van der Waals surface area contributed by atoms with Crippen molar-refractivity contribution in [1.82, 2.24) is 0 Å². The topological polar surface area (TPSA) is 25.6 Å². The van der Waals surface area contributed by atoms with E-state index in [1.807, 2.05) is 0 Å².